The molecule has 2 heterocycles. The van der Waals surface area contributed by atoms with Crippen LogP contribution in [0, 0.1) is 5.41 Å². The Morgan fingerprint density at radius 1 is 1.21 bits per heavy atom. The average molecular weight is 449 g/mol. The maximum atomic E-state index is 13.5. The molecule has 0 atom stereocenters. The number of anilines is 1. The van der Waals surface area contributed by atoms with Crippen molar-refractivity contribution in [1.82, 2.24) is 9.88 Å². The molecule has 1 saturated carbocycles. The SMILES string of the molecule is CCN(CC)c1cc(C(=O)CN2Cc3ccc(C4CC4)nc3C2=N)cc(C(C)(C)C)c1OC. The molecule has 2 aliphatic rings. The van der Waals surface area contributed by atoms with Crippen molar-refractivity contribution in [2.75, 3.05) is 31.6 Å². The van der Waals surface area contributed by atoms with Gasteiger partial charge in [0.15, 0.2) is 5.78 Å². The number of ether oxygens (including phenoxy) is 1. The molecule has 1 fully saturated rings. The number of amidine groups is 1. The Labute approximate surface area is 197 Å². The minimum atomic E-state index is -0.177. The van der Waals surface area contributed by atoms with E-state index in [1.165, 1.54) is 12.8 Å². The lowest BCUT2D eigenvalue weighted by atomic mass is 9.84. The number of nitrogens with one attached hydrogen (secondary N) is 1. The smallest absolute Gasteiger partial charge is 0.182 e. The second kappa shape index (κ2) is 8.81. The molecule has 33 heavy (non-hydrogen) atoms. The lowest BCUT2D eigenvalue weighted by Crippen LogP contribution is -2.31. The van der Waals surface area contributed by atoms with Crippen LogP contribution in [0.15, 0.2) is 24.3 Å². The number of carbonyl (C=O) groups excluding carboxylic acids is 1. The van der Waals surface area contributed by atoms with Crippen molar-refractivity contribution >= 4 is 17.3 Å². The molecule has 1 aromatic heterocycles. The number of nitrogens with zero attached hydrogens (tertiary/aromatic N) is 3. The summed E-state index contributed by atoms with van der Waals surface area (Å²) >= 11 is 0. The Morgan fingerprint density at radius 2 is 1.91 bits per heavy atom. The summed E-state index contributed by atoms with van der Waals surface area (Å²) in [4.78, 5) is 22.3. The maximum absolute atomic E-state index is 13.5. The normalized spacial score (nSPS) is 15.6. The van der Waals surface area contributed by atoms with Crippen molar-refractivity contribution < 1.29 is 9.53 Å². The number of pyridine rings is 1. The lowest BCUT2D eigenvalue weighted by Gasteiger charge is -2.30. The van der Waals surface area contributed by atoms with Crippen molar-refractivity contribution in [1.29, 1.82) is 5.41 Å². The Bertz CT molecular complexity index is 1080. The quantitative estimate of drug-likeness (QED) is 0.567. The van der Waals surface area contributed by atoms with Crippen LogP contribution in [0.25, 0.3) is 0 Å². The zero-order chi connectivity index (χ0) is 23.9. The van der Waals surface area contributed by atoms with Gasteiger partial charge in [0, 0.05) is 47.9 Å². The highest BCUT2D eigenvalue weighted by Gasteiger charge is 2.32. The van der Waals surface area contributed by atoms with Crippen molar-refractivity contribution in [3.05, 3.63) is 52.3 Å². The minimum Gasteiger partial charge on any atom is -0.494 e. The first-order valence-corrected chi connectivity index (χ1v) is 12.0. The number of aromatic nitrogens is 1. The number of Topliss-reactive ketones (excluding diaryl/α,β-unsaturated/α-hetero) is 1. The molecule has 0 amide bonds. The van der Waals surface area contributed by atoms with Crippen LogP contribution in [0.3, 0.4) is 0 Å². The zero-order valence-corrected chi connectivity index (χ0v) is 20.8. The number of benzene rings is 1. The second-order valence-electron chi connectivity index (χ2n) is 10.1. The van der Waals surface area contributed by atoms with Gasteiger partial charge in [-0.2, -0.15) is 0 Å². The molecule has 6 heteroatoms. The van der Waals surface area contributed by atoms with Crippen LogP contribution in [0.1, 0.15) is 86.3 Å². The molecule has 0 bridgehead atoms. The molecule has 1 aliphatic carbocycles. The number of fused-ring (bicyclic) bond motifs is 1. The van der Waals surface area contributed by atoms with Crippen molar-refractivity contribution in [2.45, 2.75) is 65.3 Å². The van der Waals surface area contributed by atoms with Crippen LogP contribution in [0.4, 0.5) is 5.69 Å². The van der Waals surface area contributed by atoms with Crippen LogP contribution in [0.5, 0.6) is 5.75 Å². The van der Waals surface area contributed by atoms with Gasteiger partial charge in [-0.15, -0.1) is 0 Å². The van der Waals surface area contributed by atoms with Crippen molar-refractivity contribution in [3.8, 4) is 5.75 Å². The number of carbonyl (C=O) groups is 1. The van der Waals surface area contributed by atoms with Gasteiger partial charge in [0.05, 0.1) is 19.3 Å². The van der Waals surface area contributed by atoms with Gasteiger partial charge in [0.1, 0.15) is 17.3 Å². The van der Waals surface area contributed by atoms with Crippen LogP contribution < -0.4 is 9.64 Å². The fraction of sp³-hybridized carbons (Fsp3) is 0.519. The van der Waals surface area contributed by atoms with E-state index in [0.29, 0.717) is 23.9 Å². The van der Waals surface area contributed by atoms with E-state index in [2.05, 4.69) is 51.7 Å². The molecule has 2 aromatic rings. The third-order valence-corrected chi connectivity index (χ3v) is 6.74. The second-order valence-corrected chi connectivity index (χ2v) is 10.1. The highest BCUT2D eigenvalue weighted by atomic mass is 16.5. The fourth-order valence-electron chi connectivity index (χ4n) is 4.62. The van der Waals surface area contributed by atoms with Gasteiger partial charge in [-0.05, 0) is 50.3 Å². The molecular weight excluding hydrogens is 412 g/mol. The standard InChI is InChI=1S/C27H36N4O2/c1-7-30(8-2)22-14-19(13-20(25(22)33-6)27(3,4)5)23(32)16-31-15-18-11-12-21(17-9-10-17)29-24(18)26(31)28/h11-14,17,28H,7-10,15-16H2,1-6H3. The first-order chi connectivity index (χ1) is 15.7. The van der Waals surface area contributed by atoms with E-state index in [-0.39, 0.29) is 17.7 Å². The van der Waals surface area contributed by atoms with Gasteiger partial charge in [0.25, 0.3) is 0 Å². The van der Waals surface area contributed by atoms with Gasteiger partial charge < -0.3 is 14.5 Å². The summed E-state index contributed by atoms with van der Waals surface area (Å²) in [6.45, 7) is 13.0. The molecule has 0 radical (unpaired) electrons. The molecule has 1 N–H and O–H groups in total. The molecule has 0 spiro atoms. The van der Waals surface area contributed by atoms with Gasteiger partial charge in [-0.25, -0.2) is 4.98 Å². The van der Waals surface area contributed by atoms with E-state index >= 15 is 0 Å². The Balaban J connectivity index is 1.64. The van der Waals surface area contributed by atoms with Gasteiger partial charge >= 0.3 is 0 Å². The average Bonchev–Trinajstić information content (AvgIpc) is 3.59. The van der Waals surface area contributed by atoms with Crippen LogP contribution in [0.2, 0.25) is 0 Å². The summed E-state index contributed by atoms with van der Waals surface area (Å²) in [5, 5.41) is 8.66. The van der Waals surface area contributed by atoms with E-state index < -0.39 is 0 Å². The Morgan fingerprint density at radius 3 is 2.48 bits per heavy atom. The third kappa shape index (κ3) is 4.48. The molecule has 6 nitrogen and oxygen atoms in total. The molecular formula is C27H36N4O2. The van der Waals surface area contributed by atoms with Gasteiger partial charge in [-0.3, -0.25) is 10.2 Å². The highest BCUT2D eigenvalue weighted by molar-refractivity contribution is 6.05. The van der Waals surface area contributed by atoms with Gasteiger partial charge in [-0.1, -0.05) is 26.8 Å². The van der Waals surface area contributed by atoms with Crippen LogP contribution in [-0.4, -0.2) is 48.2 Å². The third-order valence-electron chi connectivity index (χ3n) is 6.74. The predicted molar refractivity (Wildman–Crippen MR) is 133 cm³/mol. The van der Waals surface area contributed by atoms with Crippen molar-refractivity contribution in [3.63, 3.8) is 0 Å². The number of methoxy groups -OCH3 is 1. The van der Waals surface area contributed by atoms with Crippen LogP contribution in [-0.2, 0) is 12.0 Å². The Kier molecular flexibility index (Phi) is 6.21. The van der Waals surface area contributed by atoms with E-state index in [0.717, 1.165) is 47.0 Å². The number of hydrogen-bond donors (Lipinski definition) is 1. The maximum Gasteiger partial charge on any atom is 0.182 e. The Hall–Kier alpha value is -2.89. The largest absolute Gasteiger partial charge is 0.494 e. The molecule has 0 unspecified atom stereocenters. The summed E-state index contributed by atoms with van der Waals surface area (Å²) < 4.78 is 5.84. The minimum absolute atomic E-state index is 0.0107. The lowest BCUT2D eigenvalue weighted by molar-refractivity contribution is 0.0962. The van der Waals surface area contributed by atoms with Crippen LogP contribution >= 0.6 is 0 Å². The summed E-state index contributed by atoms with van der Waals surface area (Å²) in [6.07, 6.45) is 2.37. The summed E-state index contributed by atoms with van der Waals surface area (Å²) in [7, 11) is 1.70. The molecule has 1 aliphatic heterocycles. The number of rotatable bonds is 8. The fourth-order valence-corrected chi connectivity index (χ4v) is 4.62. The van der Waals surface area contributed by atoms with E-state index in [4.69, 9.17) is 15.1 Å². The summed E-state index contributed by atoms with van der Waals surface area (Å²) in [6, 6.07) is 8.10. The summed E-state index contributed by atoms with van der Waals surface area (Å²) in [5.74, 6) is 1.75. The first kappa shape index (κ1) is 23.3. The molecule has 0 saturated heterocycles. The topological polar surface area (TPSA) is 69.5 Å². The summed E-state index contributed by atoms with van der Waals surface area (Å²) in [5.41, 5.74) is 5.32. The first-order valence-electron chi connectivity index (χ1n) is 12.0. The van der Waals surface area contributed by atoms with E-state index in [1.54, 1.807) is 7.11 Å². The van der Waals surface area contributed by atoms with E-state index in [1.807, 2.05) is 17.0 Å². The highest BCUT2D eigenvalue weighted by Crippen LogP contribution is 2.41. The molecule has 176 valence electrons. The molecule has 1 aromatic carbocycles. The van der Waals surface area contributed by atoms with Gasteiger partial charge in [0.2, 0.25) is 0 Å². The zero-order valence-electron chi connectivity index (χ0n) is 20.8. The molecule has 4 rings (SSSR count). The number of ketones is 1. The predicted octanol–water partition coefficient (Wildman–Crippen LogP) is 5.14. The van der Waals surface area contributed by atoms with E-state index in [9.17, 15) is 4.79 Å². The number of hydrogen-bond acceptors (Lipinski definition) is 5. The monoisotopic (exact) mass is 448 g/mol. The van der Waals surface area contributed by atoms with Crippen molar-refractivity contribution in [2.24, 2.45) is 0 Å².